The van der Waals surface area contributed by atoms with Crippen LogP contribution in [-0.4, -0.2) is 21.1 Å². The molecule has 0 amide bonds. The molecular formula is C25H27N3S. The molecule has 1 aromatic heterocycles. The second-order valence-electron chi connectivity index (χ2n) is 8.21. The Kier molecular flexibility index (Phi) is 5.28. The number of aromatic nitrogens is 1. The van der Waals surface area contributed by atoms with Gasteiger partial charge in [0.05, 0.1) is 12.1 Å². The van der Waals surface area contributed by atoms with Crippen LogP contribution < -0.4 is 0 Å². The van der Waals surface area contributed by atoms with Gasteiger partial charge in [-0.05, 0) is 48.7 Å². The number of aryl methyl sites for hydroxylation is 1. The fraction of sp³-hybridized carbons (Fsp3) is 0.360. The van der Waals surface area contributed by atoms with Crippen LogP contribution in [0.15, 0.2) is 64.6 Å². The number of nitrogens with zero attached hydrogens (tertiary/aromatic N) is 3. The zero-order valence-corrected chi connectivity index (χ0v) is 17.8. The maximum absolute atomic E-state index is 5.08. The Bertz CT molecular complexity index is 1040. The minimum atomic E-state index is 0.604. The molecule has 0 saturated heterocycles. The number of thioether (sulfide) groups is 1. The van der Waals surface area contributed by atoms with E-state index in [2.05, 4.69) is 66.4 Å². The van der Waals surface area contributed by atoms with Crippen LogP contribution >= 0.6 is 11.8 Å². The number of hydrogen-bond donors (Lipinski definition) is 0. The van der Waals surface area contributed by atoms with Gasteiger partial charge in [0.1, 0.15) is 5.03 Å². The molecule has 1 fully saturated rings. The lowest BCUT2D eigenvalue weighted by atomic mass is 9.94. The van der Waals surface area contributed by atoms with Gasteiger partial charge in [-0.15, -0.1) is 0 Å². The van der Waals surface area contributed by atoms with Crippen molar-refractivity contribution in [1.82, 2.24) is 9.88 Å². The van der Waals surface area contributed by atoms with Gasteiger partial charge in [-0.25, -0.2) is 4.98 Å². The predicted octanol–water partition coefficient (Wildman–Crippen LogP) is 6.34. The second-order valence-corrected chi connectivity index (χ2v) is 9.16. The summed E-state index contributed by atoms with van der Waals surface area (Å²) in [5, 5.41) is 3.52. The van der Waals surface area contributed by atoms with Gasteiger partial charge in [0.25, 0.3) is 0 Å². The van der Waals surface area contributed by atoms with Crippen LogP contribution in [0.3, 0.4) is 0 Å². The normalized spacial score (nSPS) is 18.9. The lowest BCUT2D eigenvalue weighted by molar-refractivity contribution is 0.238. The third kappa shape index (κ3) is 3.91. The minimum absolute atomic E-state index is 0.604. The predicted molar refractivity (Wildman–Crippen MR) is 122 cm³/mol. The summed E-state index contributed by atoms with van der Waals surface area (Å²) in [5.41, 5.74) is 4.96. The summed E-state index contributed by atoms with van der Waals surface area (Å²) in [6.07, 6.45) is 6.59. The first kappa shape index (κ1) is 18.7. The van der Waals surface area contributed by atoms with Gasteiger partial charge in [-0.2, -0.15) is 0 Å². The Morgan fingerprint density at radius 1 is 1.03 bits per heavy atom. The first-order valence-electron chi connectivity index (χ1n) is 10.7. The molecule has 1 saturated carbocycles. The summed E-state index contributed by atoms with van der Waals surface area (Å²) < 4.78 is 0. The summed E-state index contributed by atoms with van der Waals surface area (Å²) in [7, 11) is 0. The van der Waals surface area contributed by atoms with Crippen molar-refractivity contribution in [2.75, 3.05) is 0 Å². The second kappa shape index (κ2) is 8.19. The van der Waals surface area contributed by atoms with Gasteiger partial charge < -0.3 is 4.90 Å². The van der Waals surface area contributed by atoms with E-state index in [4.69, 9.17) is 9.98 Å². The van der Waals surface area contributed by atoms with Gasteiger partial charge in [0.2, 0.25) is 0 Å². The number of rotatable bonds is 3. The van der Waals surface area contributed by atoms with Gasteiger partial charge >= 0.3 is 0 Å². The zero-order valence-electron chi connectivity index (χ0n) is 17.0. The SMILES string of the molecule is Cc1cccc2cc3c(nc12)SC(=NCc1ccccc1)N(C1CCCCC1)C3. The number of aliphatic imine (C=N–C) groups is 1. The van der Waals surface area contributed by atoms with Gasteiger partial charge in [0, 0.05) is 23.5 Å². The molecule has 0 N–H and O–H groups in total. The van der Waals surface area contributed by atoms with Crippen molar-refractivity contribution in [1.29, 1.82) is 0 Å². The van der Waals surface area contributed by atoms with E-state index < -0.39 is 0 Å². The molecule has 3 aromatic rings. The highest BCUT2D eigenvalue weighted by Crippen LogP contribution is 2.37. The third-order valence-electron chi connectivity index (χ3n) is 6.12. The van der Waals surface area contributed by atoms with Crippen LogP contribution in [0.1, 0.15) is 48.8 Å². The van der Waals surface area contributed by atoms with Crippen LogP contribution in [0.25, 0.3) is 10.9 Å². The molecule has 29 heavy (non-hydrogen) atoms. The lowest BCUT2D eigenvalue weighted by Gasteiger charge is -2.39. The van der Waals surface area contributed by atoms with E-state index in [9.17, 15) is 0 Å². The molecule has 2 aliphatic rings. The first-order chi connectivity index (χ1) is 14.3. The van der Waals surface area contributed by atoms with Gasteiger partial charge in [0.15, 0.2) is 5.17 Å². The fourth-order valence-electron chi connectivity index (χ4n) is 4.51. The monoisotopic (exact) mass is 401 g/mol. The highest BCUT2D eigenvalue weighted by atomic mass is 32.2. The molecule has 148 valence electrons. The summed E-state index contributed by atoms with van der Waals surface area (Å²) >= 11 is 1.77. The van der Waals surface area contributed by atoms with Crippen molar-refractivity contribution in [3.05, 3.63) is 71.3 Å². The Morgan fingerprint density at radius 2 is 1.86 bits per heavy atom. The maximum Gasteiger partial charge on any atom is 0.166 e. The van der Waals surface area contributed by atoms with E-state index in [1.54, 1.807) is 11.8 Å². The summed E-state index contributed by atoms with van der Waals surface area (Å²) in [6.45, 7) is 3.81. The molecule has 2 aromatic carbocycles. The highest BCUT2D eigenvalue weighted by Gasteiger charge is 2.30. The third-order valence-corrected chi connectivity index (χ3v) is 7.21. The smallest absolute Gasteiger partial charge is 0.166 e. The fourth-order valence-corrected chi connectivity index (χ4v) is 5.54. The molecule has 0 unspecified atom stereocenters. The summed E-state index contributed by atoms with van der Waals surface area (Å²) in [6, 6.07) is 20.0. The molecule has 3 nitrogen and oxygen atoms in total. The molecule has 5 rings (SSSR count). The minimum Gasteiger partial charge on any atom is -0.344 e. The topological polar surface area (TPSA) is 28.5 Å². The van der Waals surface area contributed by atoms with Crippen LogP contribution in [0.4, 0.5) is 0 Å². The highest BCUT2D eigenvalue weighted by molar-refractivity contribution is 8.13. The van der Waals surface area contributed by atoms with Crippen molar-refractivity contribution in [3.8, 4) is 0 Å². The lowest BCUT2D eigenvalue weighted by Crippen LogP contribution is -2.41. The number of pyridine rings is 1. The quantitative estimate of drug-likeness (QED) is 0.513. The molecule has 4 heteroatoms. The van der Waals surface area contributed by atoms with Crippen molar-refractivity contribution in [2.45, 2.75) is 63.2 Å². The Balaban J connectivity index is 1.52. The first-order valence-corrected chi connectivity index (χ1v) is 11.5. The van der Waals surface area contributed by atoms with Crippen LogP contribution in [0.2, 0.25) is 0 Å². The van der Waals surface area contributed by atoms with Crippen molar-refractivity contribution < 1.29 is 0 Å². The maximum atomic E-state index is 5.08. The molecule has 0 radical (unpaired) electrons. The molecule has 1 aliphatic heterocycles. The number of benzene rings is 2. The van der Waals surface area contributed by atoms with Crippen LogP contribution in [0.5, 0.6) is 0 Å². The molecular weight excluding hydrogens is 374 g/mol. The zero-order chi connectivity index (χ0) is 19.6. The number of fused-ring (bicyclic) bond motifs is 2. The Morgan fingerprint density at radius 3 is 2.69 bits per heavy atom. The van der Waals surface area contributed by atoms with E-state index >= 15 is 0 Å². The standard InChI is InChI=1S/C25H27N3S/c1-18-9-8-12-20-15-21-17-28(22-13-6-3-7-14-22)25(29-24(21)27-23(18)20)26-16-19-10-4-2-5-11-19/h2,4-5,8-12,15,22H,3,6-7,13-14,16-17H2,1H3. The summed E-state index contributed by atoms with van der Waals surface area (Å²) in [5.74, 6) is 0. The van der Waals surface area contributed by atoms with E-state index in [1.165, 1.54) is 54.2 Å². The van der Waals surface area contributed by atoms with Crippen LogP contribution in [-0.2, 0) is 13.1 Å². The van der Waals surface area contributed by atoms with E-state index in [1.807, 2.05) is 0 Å². The van der Waals surface area contributed by atoms with Gasteiger partial charge in [-0.3, -0.25) is 4.99 Å². The number of para-hydroxylation sites is 1. The summed E-state index contributed by atoms with van der Waals surface area (Å²) in [4.78, 5) is 12.7. The molecule has 0 bridgehead atoms. The van der Waals surface area contributed by atoms with Crippen molar-refractivity contribution in [3.63, 3.8) is 0 Å². The average molecular weight is 402 g/mol. The number of hydrogen-bond acceptors (Lipinski definition) is 3. The molecule has 1 aliphatic carbocycles. The molecule has 0 atom stereocenters. The molecule has 2 heterocycles. The largest absolute Gasteiger partial charge is 0.344 e. The van der Waals surface area contributed by atoms with E-state index in [-0.39, 0.29) is 0 Å². The van der Waals surface area contributed by atoms with E-state index in [0.717, 1.165) is 28.8 Å². The molecule has 0 spiro atoms. The van der Waals surface area contributed by atoms with Crippen LogP contribution in [0, 0.1) is 6.92 Å². The average Bonchev–Trinajstić information content (AvgIpc) is 2.77. The Hall–Kier alpha value is -2.33. The van der Waals surface area contributed by atoms with Crippen molar-refractivity contribution >= 4 is 27.8 Å². The van der Waals surface area contributed by atoms with Gasteiger partial charge in [-0.1, -0.05) is 67.8 Å². The van der Waals surface area contributed by atoms with E-state index in [0.29, 0.717) is 6.04 Å². The number of amidine groups is 1. The van der Waals surface area contributed by atoms with Crippen molar-refractivity contribution in [2.24, 2.45) is 4.99 Å². The Labute approximate surface area is 177 Å².